The largest absolute Gasteiger partial charge is 0.433 e. The van der Waals surface area contributed by atoms with E-state index in [1.165, 1.54) is 4.90 Å². The molecule has 0 radical (unpaired) electrons. The quantitative estimate of drug-likeness (QED) is 0.600. The van der Waals surface area contributed by atoms with E-state index in [1.54, 1.807) is 6.92 Å². The third-order valence-electron chi connectivity index (χ3n) is 5.74. The Morgan fingerprint density at radius 1 is 1.30 bits per heavy atom. The summed E-state index contributed by atoms with van der Waals surface area (Å²) in [4.78, 5) is 34.4. The molecule has 0 aromatic carbocycles. The van der Waals surface area contributed by atoms with Crippen LogP contribution in [0, 0.1) is 0 Å². The van der Waals surface area contributed by atoms with Gasteiger partial charge in [0.1, 0.15) is 5.82 Å². The summed E-state index contributed by atoms with van der Waals surface area (Å²) in [7, 11) is 0. The summed E-state index contributed by atoms with van der Waals surface area (Å²) in [6.07, 6.45) is -7.81. The molecule has 2 aliphatic heterocycles. The van der Waals surface area contributed by atoms with Gasteiger partial charge in [-0.3, -0.25) is 9.59 Å². The Bertz CT molecular complexity index is 911. The zero-order chi connectivity index (χ0) is 24.6. The highest BCUT2D eigenvalue weighted by molar-refractivity contribution is 5.79. The van der Waals surface area contributed by atoms with Crippen LogP contribution in [0.3, 0.4) is 0 Å². The van der Waals surface area contributed by atoms with Crippen molar-refractivity contribution in [2.75, 3.05) is 13.1 Å². The topological polar surface area (TPSA) is 113 Å². The van der Waals surface area contributed by atoms with Gasteiger partial charge in [-0.05, 0) is 12.8 Å². The molecule has 3 rings (SSSR count). The maximum atomic E-state index is 13.7. The predicted octanol–water partition coefficient (Wildman–Crippen LogP) is 1.63. The molecule has 1 unspecified atom stereocenters. The second kappa shape index (κ2) is 9.45. The number of alkyl halides is 5. The van der Waals surface area contributed by atoms with Crippen LogP contribution in [0.2, 0.25) is 0 Å². The standard InChI is InChI=1S/C20H26F5N5O3/c1-2-3-14-27-13-10-29(7-5-12(13)17(28-14)20(23,24)25)16(32)8-11(26)9-30-15(31)4-6-19(21,22)18(30)33/h11,18,33H,2-10,26H2,1H3/t11-,18?/m0/s1. The number of likely N-dealkylation sites (tertiary alicyclic amines) is 1. The first-order chi connectivity index (χ1) is 15.3. The number of piperidine rings is 1. The first-order valence-electron chi connectivity index (χ1n) is 10.7. The van der Waals surface area contributed by atoms with Crippen LogP contribution in [0.1, 0.15) is 55.4 Å². The molecule has 0 saturated carbocycles. The minimum absolute atomic E-state index is 0.0124. The monoisotopic (exact) mass is 479 g/mol. The average molecular weight is 479 g/mol. The predicted molar refractivity (Wildman–Crippen MR) is 105 cm³/mol. The lowest BCUT2D eigenvalue weighted by Crippen LogP contribution is -2.58. The van der Waals surface area contributed by atoms with Crippen LogP contribution >= 0.6 is 0 Å². The van der Waals surface area contributed by atoms with E-state index in [2.05, 4.69) is 9.97 Å². The van der Waals surface area contributed by atoms with E-state index in [0.29, 0.717) is 11.3 Å². The van der Waals surface area contributed by atoms with Crippen molar-refractivity contribution in [2.45, 2.75) is 76.4 Å². The molecule has 0 aliphatic carbocycles. The van der Waals surface area contributed by atoms with E-state index in [0.717, 1.165) is 0 Å². The number of aryl methyl sites for hydroxylation is 1. The number of aliphatic hydroxyl groups is 1. The normalized spacial score (nSPS) is 21.7. The van der Waals surface area contributed by atoms with Crippen LogP contribution in [0.5, 0.6) is 0 Å². The Kier molecular flexibility index (Phi) is 7.22. The number of aromatic nitrogens is 2. The van der Waals surface area contributed by atoms with Crippen LogP contribution in [0.4, 0.5) is 22.0 Å². The molecule has 1 aromatic heterocycles. The van der Waals surface area contributed by atoms with E-state index >= 15 is 0 Å². The van der Waals surface area contributed by atoms with Crippen molar-refractivity contribution in [1.82, 2.24) is 19.8 Å². The molecule has 2 amide bonds. The summed E-state index contributed by atoms with van der Waals surface area (Å²) in [5.41, 5.74) is 4.98. The highest BCUT2D eigenvalue weighted by Crippen LogP contribution is 2.34. The van der Waals surface area contributed by atoms with Gasteiger partial charge in [0.05, 0.1) is 12.2 Å². The summed E-state index contributed by atoms with van der Waals surface area (Å²) < 4.78 is 67.8. The molecular weight excluding hydrogens is 453 g/mol. The summed E-state index contributed by atoms with van der Waals surface area (Å²) in [5.74, 6) is -4.63. The molecule has 33 heavy (non-hydrogen) atoms. The molecule has 13 heteroatoms. The molecule has 2 aliphatic rings. The van der Waals surface area contributed by atoms with E-state index in [4.69, 9.17) is 5.73 Å². The van der Waals surface area contributed by atoms with Gasteiger partial charge in [0, 0.05) is 50.4 Å². The fourth-order valence-electron chi connectivity index (χ4n) is 4.05. The molecule has 1 saturated heterocycles. The van der Waals surface area contributed by atoms with Gasteiger partial charge in [0.15, 0.2) is 11.9 Å². The number of fused-ring (bicyclic) bond motifs is 1. The SMILES string of the molecule is CCCc1nc2c(c(C(F)(F)F)n1)CCN(C(=O)C[C@H](N)CN1C(=O)CCC(F)(F)C1O)C2. The zero-order valence-electron chi connectivity index (χ0n) is 18.0. The van der Waals surface area contributed by atoms with Crippen molar-refractivity contribution >= 4 is 11.8 Å². The molecule has 1 fully saturated rings. The minimum atomic E-state index is -4.64. The van der Waals surface area contributed by atoms with E-state index in [9.17, 15) is 36.6 Å². The number of carbonyl (C=O) groups excluding carboxylic acids is 2. The van der Waals surface area contributed by atoms with Crippen molar-refractivity contribution in [3.8, 4) is 0 Å². The number of amides is 2. The molecule has 0 spiro atoms. The summed E-state index contributed by atoms with van der Waals surface area (Å²) >= 11 is 0. The average Bonchev–Trinajstić information content (AvgIpc) is 2.73. The van der Waals surface area contributed by atoms with Gasteiger partial charge in [-0.15, -0.1) is 0 Å². The molecular formula is C20H26F5N5O3. The Labute approximate surface area is 187 Å². The molecule has 3 N–H and O–H groups in total. The lowest BCUT2D eigenvalue weighted by atomic mass is 10.0. The van der Waals surface area contributed by atoms with E-state index < -0.39 is 61.3 Å². The Morgan fingerprint density at radius 3 is 2.64 bits per heavy atom. The minimum Gasteiger partial charge on any atom is -0.368 e. The number of rotatable bonds is 6. The maximum Gasteiger partial charge on any atom is 0.433 e. The summed E-state index contributed by atoms with van der Waals surface area (Å²) in [6, 6.07) is -1.04. The van der Waals surface area contributed by atoms with Gasteiger partial charge < -0.3 is 20.6 Å². The zero-order valence-corrected chi connectivity index (χ0v) is 18.0. The summed E-state index contributed by atoms with van der Waals surface area (Å²) in [6.45, 7) is 1.16. The molecule has 1 aromatic rings. The van der Waals surface area contributed by atoms with Crippen LogP contribution in [0.15, 0.2) is 0 Å². The Hall–Kier alpha value is -2.41. The van der Waals surface area contributed by atoms with Crippen molar-refractivity contribution in [3.05, 3.63) is 22.8 Å². The second-order valence-electron chi connectivity index (χ2n) is 8.37. The Morgan fingerprint density at radius 2 is 2.00 bits per heavy atom. The number of nitrogens with zero attached hydrogens (tertiary/aromatic N) is 4. The van der Waals surface area contributed by atoms with Gasteiger partial charge in [-0.1, -0.05) is 6.92 Å². The maximum absolute atomic E-state index is 13.7. The molecule has 2 atom stereocenters. The van der Waals surface area contributed by atoms with Gasteiger partial charge in [-0.2, -0.15) is 13.2 Å². The third kappa shape index (κ3) is 5.57. The van der Waals surface area contributed by atoms with Gasteiger partial charge in [0.2, 0.25) is 11.8 Å². The third-order valence-corrected chi connectivity index (χ3v) is 5.74. The van der Waals surface area contributed by atoms with Gasteiger partial charge in [0.25, 0.3) is 5.92 Å². The first kappa shape index (κ1) is 25.2. The highest BCUT2D eigenvalue weighted by atomic mass is 19.4. The van der Waals surface area contributed by atoms with Gasteiger partial charge >= 0.3 is 6.18 Å². The summed E-state index contributed by atoms with van der Waals surface area (Å²) in [5, 5.41) is 9.77. The highest BCUT2D eigenvalue weighted by Gasteiger charge is 2.48. The van der Waals surface area contributed by atoms with Crippen LogP contribution in [-0.4, -0.2) is 68.0 Å². The number of carbonyl (C=O) groups is 2. The first-order valence-corrected chi connectivity index (χ1v) is 10.7. The lowest BCUT2D eigenvalue weighted by Gasteiger charge is -2.38. The van der Waals surface area contributed by atoms with Crippen molar-refractivity contribution < 1.29 is 36.6 Å². The van der Waals surface area contributed by atoms with Crippen molar-refractivity contribution in [1.29, 1.82) is 0 Å². The Balaban J connectivity index is 1.69. The van der Waals surface area contributed by atoms with Crippen molar-refractivity contribution in [2.24, 2.45) is 5.73 Å². The van der Waals surface area contributed by atoms with Crippen LogP contribution in [-0.2, 0) is 35.2 Å². The fraction of sp³-hybridized carbons (Fsp3) is 0.700. The number of nitrogens with two attached hydrogens (primary N) is 1. The number of aliphatic hydroxyl groups excluding tert-OH is 1. The number of hydrogen-bond donors (Lipinski definition) is 2. The van der Waals surface area contributed by atoms with Crippen molar-refractivity contribution in [3.63, 3.8) is 0 Å². The van der Waals surface area contributed by atoms with E-state index in [-0.39, 0.29) is 49.4 Å². The lowest BCUT2D eigenvalue weighted by molar-refractivity contribution is -0.205. The van der Waals surface area contributed by atoms with Gasteiger partial charge in [-0.25, -0.2) is 18.7 Å². The van der Waals surface area contributed by atoms with Crippen LogP contribution in [0.25, 0.3) is 0 Å². The smallest absolute Gasteiger partial charge is 0.368 e. The number of halogens is 5. The van der Waals surface area contributed by atoms with Crippen LogP contribution < -0.4 is 5.73 Å². The fourth-order valence-corrected chi connectivity index (χ4v) is 4.05. The molecule has 184 valence electrons. The molecule has 0 bridgehead atoms. The second-order valence-corrected chi connectivity index (χ2v) is 8.37. The molecule has 8 nitrogen and oxygen atoms in total. The van der Waals surface area contributed by atoms with E-state index in [1.807, 2.05) is 0 Å². The number of hydrogen-bond acceptors (Lipinski definition) is 6. The molecule has 3 heterocycles.